The smallest absolute Gasteiger partial charge is 0.220 e. The monoisotopic (exact) mass is 272 g/mol. The number of piperidine rings is 1. The average Bonchev–Trinajstić information content (AvgIpc) is 2.85. The molecule has 0 amide bonds. The van der Waals surface area contributed by atoms with Crippen molar-refractivity contribution in [1.29, 1.82) is 0 Å². The Balaban J connectivity index is 1.80. The zero-order valence-electron chi connectivity index (χ0n) is 11.7. The molecule has 106 valence electrons. The van der Waals surface area contributed by atoms with Gasteiger partial charge in [0.1, 0.15) is 0 Å². The van der Waals surface area contributed by atoms with Crippen LogP contribution in [-0.2, 0) is 13.6 Å². The number of anilines is 1. The van der Waals surface area contributed by atoms with Crippen LogP contribution in [0.5, 0.6) is 0 Å². The first-order valence-electron chi connectivity index (χ1n) is 7.02. The summed E-state index contributed by atoms with van der Waals surface area (Å²) in [4.78, 5) is 10.8. The summed E-state index contributed by atoms with van der Waals surface area (Å²) in [5.74, 6) is 0.356. The number of aromatic nitrogens is 4. The molecule has 1 fully saturated rings. The van der Waals surface area contributed by atoms with Gasteiger partial charge in [-0.15, -0.1) is 0 Å². The second-order valence-corrected chi connectivity index (χ2v) is 5.34. The van der Waals surface area contributed by atoms with Crippen molar-refractivity contribution in [3.63, 3.8) is 0 Å². The highest BCUT2D eigenvalue weighted by molar-refractivity contribution is 5.20. The van der Waals surface area contributed by atoms with Gasteiger partial charge in [0.2, 0.25) is 5.95 Å². The van der Waals surface area contributed by atoms with E-state index in [2.05, 4.69) is 26.2 Å². The van der Waals surface area contributed by atoms with Gasteiger partial charge in [-0.05, 0) is 25.5 Å². The zero-order valence-corrected chi connectivity index (χ0v) is 11.7. The Kier molecular flexibility index (Phi) is 3.64. The molecule has 1 saturated heterocycles. The fraction of sp³-hybridized carbons (Fsp3) is 0.500. The number of likely N-dealkylation sites (tertiary alicyclic amines) is 1. The summed E-state index contributed by atoms with van der Waals surface area (Å²) in [6.07, 6.45) is 9.33. The first-order valence-corrected chi connectivity index (χ1v) is 7.02. The summed E-state index contributed by atoms with van der Waals surface area (Å²) in [5.41, 5.74) is 7.98. The lowest BCUT2D eigenvalue weighted by atomic mass is 9.98. The fourth-order valence-corrected chi connectivity index (χ4v) is 2.88. The van der Waals surface area contributed by atoms with Gasteiger partial charge in [-0.1, -0.05) is 6.42 Å². The lowest BCUT2D eigenvalue weighted by molar-refractivity contribution is 0.137. The van der Waals surface area contributed by atoms with Crippen LogP contribution in [0.4, 0.5) is 5.95 Å². The summed E-state index contributed by atoms with van der Waals surface area (Å²) in [6.45, 7) is 1.99. The van der Waals surface area contributed by atoms with Crippen molar-refractivity contribution < 1.29 is 0 Å². The maximum atomic E-state index is 5.71. The van der Waals surface area contributed by atoms with Gasteiger partial charge in [0.05, 0.1) is 17.9 Å². The van der Waals surface area contributed by atoms with Crippen molar-refractivity contribution in [3.8, 4) is 0 Å². The molecule has 0 aromatic carbocycles. The van der Waals surface area contributed by atoms with Crippen molar-refractivity contribution in [3.05, 3.63) is 35.9 Å². The Bertz CT molecular complexity index is 579. The highest BCUT2D eigenvalue weighted by Crippen LogP contribution is 2.31. The van der Waals surface area contributed by atoms with Crippen LogP contribution in [0, 0.1) is 0 Å². The van der Waals surface area contributed by atoms with E-state index < -0.39 is 0 Å². The summed E-state index contributed by atoms with van der Waals surface area (Å²) in [5, 5.41) is 4.24. The molecule has 0 radical (unpaired) electrons. The first kappa shape index (κ1) is 13.1. The Morgan fingerprint density at radius 2 is 2.30 bits per heavy atom. The van der Waals surface area contributed by atoms with Crippen LogP contribution < -0.4 is 5.73 Å². The van der Waals surface area contributed by atoms with Crippen molar-refractivity contribution in [2.24, 2.45) is 7.05 Å². The number of hydrogen-bond acceptors (Lipinski definition) is 5. The van der Waals surface area contributed by atoms with Crippen LogP contribution in [0.15, 0.2) is 24.7 Å². The molecule has 0 bridgehead atoms. The molecule has 2 aromatic rings. The molecule has 0 aliphatic carbocycles. The van der Waals surface area contributed by atoms with Gasteiger partial charge >= 0.3 is 0 Å². The van der Waals surface area contributed by atoms with E-state index in [1.165, 1.54) is 18.4 Å². The fourth-order valence-electron chi connectivity index (χ4n) is 2.88. The van der Waals surface area contributed by atoms with Crippen LogP contribution in [0.1, 0.15) is 36.6 Å². The van der Waals surface area contributed by atoms with E-state index in [4.69, 9.17) is 5.73 Å². The third-order valence-corrected chi connectivity index (χ3v) is 3.79. The van der Waals surface area contributed by atoms with Crippen molar-refractivity contribution in [2.45, 2.75) is 31.8 Å². The highest BCUT2D eigenvalue weighted by atomic mass is 15.2. The van der Waals surface area contributed by atoms with Gasteiger partial charge in [0.15, 0.2) is 0 Å². The van der Waals surface area contributed by atoms with Gasteiger partial charge in [-0.2, -0.15) is 5.10 Å². The third-order valence-electron chi connectivity index (χ3n) is 3.79. The number of nitrogens with two attached hydrogens (primary N) is 1. The summed E-state index contributed by atoms with van der Waals surface area (Å²) in [6, 6.07) is 2.30. The number of hydrogen-bond donors (Lipinski definition) is 1. The quantitative estimate of drug-likeness (QED) is 0.917. The molecular weight excluding hydrogens is 252 g/mol. The van der Waals surface area contributed by atoms with Gasteiger partial charge in [-0.25, -0.2) is 9.97 Å². The van der Waals surface area contributed by atoms with E-state index in [0.717, 1.165) is 25.2 Å². The first-order chi connectivity index (χ1) is 9.72. The molecule has 0 spiro atoms. The van der Waals surface area contributed by atoms with Crippen LogP contribution in [-0.4, -0.2) is 31.2 Å². The summed E-state index contributed by atoms with van der Waals surface area (Å²) >= 11 is 0. The Labute approximate surface area is 118 Å². The molecule has 3 heterocycles. The predicted molar refractivity (Wildman–Crippen MR) is 76.7 cm³/mol. The van der Waals surface area contributed by atoms with Gasteiger partial charge < -0.3 is 5.73 Å². The maximum Gasteiger partial charge on any atom is 0.220 e. The summed E-state index contributed by atoms with van der Waals surface area (Å²) < 4.78 is 1.84. The number of nitrogen functional groups attached to an aromatic ring is 1. The van der Waals surface area contributed by atoms with Crippen molar-refractivity contribution >= 4 is 5.95 Å². The average molecular weight is 272 g/mol. The van der Waals surface area contributed by atoms with E-state index in [1.54, 1.807) is 6.20 Å². The van der Waals surface area contributed by atoms with Crippen LogP contribution in [0.2, 0.25) is 0 Å². The highest BCUT2D eigenvalue weighted by Gasteiger charge is 2.25. The molecule has 0 unspecified atom stereocenters. The van der Waals surface area contributed by atoms with Crippen LogP contribution in [0.3, 0.4) is 0 Å². The topological polar surface area (TPSA) is 72.9 Å². The summed E-state index contributed by atoms with van der Waals surface area (Å²) in [7, 11) is 1.95. The molecule has 1 aliphatic heterocycles. The molecule has 1 atom stereocenters. The maximum absolute atomic E-state index is 5.71. The molecule has 3 rings (SSSR count). The van der Waals surface area contributed by atoms with Crippen molar-refractivity contribution in [2.75, 3.05) is 12.3 Å². The largest absolute Gasteiger partial charge is 0.368 e. The number of rotatable bonds is 3. The Morgan fingerprint density at radius 3 is 3.05 bits per heavy atom. The number of nitrogens with zero attached hydrogens (tertiary/aromatic N) is 5. The number of aryl methyl sites for hydroxylation is 1. The lowest BCUT2D eigenvalue weighted by Gasteiger charge is -2.35. The van der Waals surface area contributed by atoms with Crippen LogP contribution in [0.25, 0.3) is 0 Å². The Morgan fingerprint density at radius 1 is 1.40 bits per heavy atom. The normalized spacial score (nSPS) is 20.1. The van der Waals surface area contributed by atoms with Gasteiger partial charge in [-0.3, -0.25) is 9.58 Å². The molecule has 2 N–H and O–H groups in total. The van der Waals surface area contributed by atoms with Crippen LogP contribution >= 0.6 is 0 Å². The van der Waals surface area contributed by atoms with Gasteiger partial charge in [0.25, 0.3) is 0 Å². The SMILES string of the molecule is Cn1cc(CN2CCCC[C@@H]2c2ccnc(N)n2)cn1. The predicted octanol–water partition coefficient (Wildman–Crippen LogP) is 1.52. The molecule has 6 nitrogen and oxygen atoms in total. The minimum atomic E-state index is 0.328. The molecular formula is C14H20N6. The molecule has 6 heteroatoms. The van der Waals surface area contributed by atoms with Gasteiger partial charge in [0, 0.05) is 31.5 Å². The second-order valence-electron chi connectivity index (χ2n) is 5.34. The third kappa shape index (κ3) is 2.80. The molecule has 20 heavy (non-hydrogen) atoms. The molecule has 1 aliphatic rings. The van der Waals surface area contributed by atoms with Crippen molar-refractivity contribution in [1.82, 2.24) is 24.6 Å². The molecule has 0 saturated carbocycles. The zero-order chi connectivity index (χ0) is 13.9. The molecule has 2 aromatic heterocycles. The second kappa shape index (κ2) is 5.58. The van der Waals surface area contributed by atoms with E-state index in [-0.39, 0.29) is 0 Å². The lowest BCUT2D eigenvalue weighted by Crippen LogP contribution is -2.33. The van der Waals surface area contributed by atoms with E-state index in [1.807, 2.05) is 24.0 Å². The van der Waals surface area contributed by atoms with E-state index in [9.17, 15) is 0 Å². The standard InChI is InChI=1S/C14H20N6/c1-19-9-11(8-17-19)10-20-7-3-2-4-13(20)12-5-6-16-14(15)18-12/h5-6,8-9,13H,2-4,7,10H2,1H3,(H2,15,16,18)/t13-/m1/s1. The Hall–Kier alpha value is -1.95. The van der Waals surface area contributed by atoms with E-state index in [0.29, 0.717) is 12.0 Å². The minimum absolute atomic E-state index is 0.328. The minimum Gasteiger partial charge on any atom is -0.368 e. The van der Waals surface area contributed by atoms with E-state index >= 15 is 0 Å².